The molecule has 0 unspecified atom stereocenters. The van der Waals surface area contributed by atoms with Crippen molar-refractivity contribution in [1.29, 1.82) is 5.41 Å². The highest BCUT2D eigenvalue weighted by atomic mass is 19.4. The van der Waals surface area contributed by atoms with Crippen LogP contribution in [0.1, 0.15) is 91.4 Å². The summed E-state index contributed by atoms with van der Waals surface area (Å²) in [7, 11) is 0. The van der Waals surface area contributed by atoms with Gasteiger partial charge in [0.25, 0.3) is 0 Å². The largest absolute Gasteiger partial charge is 0.507 e. The zero-order valence-corrected chi connectivity index (χ0v) is 23.5. The highest BCUT2D eigenvalue weighted by Crippen LogP contribution is 2.40. The van der Waals surface area contributed by atoms with Gasteiger partial charge in [0.05, 0.1) is 13.2 Å². The van der Waals surface area contributed by atoms with Gasteiger partial charge in [0.15, 0.2) is 5.78 Å². The summed E-state index contributed by atoms with van der Waals surface area (Å²) in [5.74, 6) is -4.65. The van der Waals surface area contributed by atoms with Crippen LogP contribution in [0.4, 0.5) is 13.2 Å². The zero-order valence-electron chi connectivity index (χ0n) is 23.5. The highest BCUT2D eigenvalue weighted by molar-refractivity contribution is 6.08. The number of nitrogens with one attached hydrogen (secondary N) is 1. The predicted octanol–water partition coefficient (Wildman–Crippen LogP) is 5.66. The molecule has 0 fully saturated rings. The zero-order chi connectivity index (χ0) is 30.4. The van der Waals surface area contributed by atoms with Crippen LogP contribution in [0.25, 0.3) is 0 Å². The second-order valence-corrected chi connectivity index (χ2v) is 11.7. The van der Waals surface area contributed by atoms with Gasteiger partial charge in [0.2, 0.25) is 0 Å². The number of phenols is 1. The van der Waals surface area contributed by atoms with E-state index in [-0.39, 0.29) is 48.4 Å². The second kappa shape index (κ2) is 10.6. The van der Waals surface area contributed by atoms with E-state index in [1.165, 1.54) is 11.0 Å². The van der Waals surface area contributed by atoms with Crippen LogP contribution in [0.2, 0.25) is 0 Å². The van der Waals surface area contributed by atoms with Crippen molar-refractivity contribution in [2.24, 2.45) is 0 Å². The maximum Gasteiger partial charge on any atom is 0.491 e. The molecule has 2 aromatic rings. The van der Waals surface area contributed by atoms with E-state index in [9.17, 15) is 32.7 Å². The van der Waals surface area contributed by atoms with Gasteiger partial charge in [0.1, 0.15) is 22.9 Å². The first-order valence-electron chi connectivity index (χ1n) is 12.6. The standard InChI is InChI=1S/C29H33F3N2O6/c1-8-39-22-11-16-13-34(24(33)17(16)12-18(22)25(37)40-26(38)29(30,31)32)14-21(35)15-9-19(27(2,3)4)23(36)20(10-15)28(5,6)7/h9-12,33,36H,8,13-14H2,1-7H3. The maximum atomic E-state index is 13.5. The molecule has 216 valence electrons. The fourth-order valence-electron chi connectivity index (χ4n) is 4.40. The lowest BCUT2D eigenvalue weighted by Gasteiger charge is -2.28. The van der Waals surface area contributed by atoms with Gasteiger partial charge < -0.3 is 19.5 Å². The number of carbonyl (C=O) groups excluding carboxylic acids is 3. The molecule has 1 heterocycles. The Morgan fingerprint density at radius 2 is 1.52 bits per heavy atom. The van der Waals surface area contributed by atoms with Crippen molar-refractivity contribution in [3.63, 3.8) is 0 Å². The summed E-state index contributed by atoms with van der Waals surface area (Å²) in [6.45, 7) is 13.1. The number of Topliss-reactive ketones (excluding diaryl/α,β-unsaturated/α-hetero) is 1. The van der Waals surface area contributed by atoms with Crippen LogP contribution in [0, 0.1) is 5.41 Å². The Morgan fingerprint density at radius 1 is 0.975 bits per heavy atom. The summed E-state index contributed by atoms with van der Waals surface area (Å²) in [5, 5.41) is 19.6. The molecule has 8 nitrogen and oxygen atoms in total. The number of halogens is 3. The van der Waals surface area contributed by atoms with Crippen molar-refractivity contribution in [1.82, 2.24) is 4.90 Å². The normalized spacial score (nSPS) is 13.8. The van der Waals surface area contributed by atoms with Crippen molar-refractivity contribution >= 4 is 23.6 Å². The number of amidine groups is 1. The molecule has 0 atom stereocenters. The Morgan fingerprint density at radius 3 is 2.00 bits per heavy atom. The molecule has 11 heteroatoms. The van der Waals surface area contributed by atoms with Crippen LogP contribution in [-0.4, -0.2) is 52.9 Å². The van der Waals surface area contributed by atoms with E-state index >= 15 is 0 Å². The first-order chi connectivity index (χ1) is 18.3. The molecule has 1 aliphatic rings. The van der Waals surface area contributed by atoms with E-state index in [2.05, 4.69) is 4.74 Å². The third-order valence-corrected chi connectivity index (χ3v) is 6.46. The number of ether oxygens (including phenoxy) is 2. The van der Waals surface area contributed by atoms with Crippen molar-refractivity contribution < 1.29 is 42.1 Å². The van der Waals surface area contributed by atoms with Gasteiger partial charge in [-0.3, -0.25) is 10.2 Å². The Bertz CT molecular complexity index is 1350. The smallest absolute Gasteiger partial charge is 0.491 e. The van der Waals surface area contributed by atoms with Crippen molar-refractivity contribution in [2.75, 3.05) is 13.2 Å². The predicted molar refractivity (Wildman–Crippen MR) is 141 cm³/mol. The van der Waals surface area contributed by atoms with Crippen LogP contribution >= 0.6 is 0 Å². The van der Waals surface area contributed by atoms with Gasteiger partial charge in [0, 0.05) is 28.8 Å². The van der Waals surface area contributed by atoms with E-state index in [4.69, 9.17) is 10.1 Å². The minimum absolute atomic E-state index is 0.0685. The Labute approximate surface area is 230 Å². The van der Waals surface area contributed by atoms with E-state index in [0.717, 1.165) is 6.07 Å². The van der Waals surface area contributed by atoms with Crippen LogP contribution in [0.3, 0.4) is 0 Å². The fourth-order valence-corrected chi connectivity index (χ4v) is 4.40. The Balaban J connectivity index is 1.94. The van der Waals surface area contributed by atoms with Crippen LogP contribution in [-0.2, 0) is 26.9 Å². The van der Waals surface area contributed by atoms with Crippen molar-refractivity contribution in [3.8, 4) is 11.5 Å². The number of aromatic hydroxyl groups is 1. The topological polar surface area (TPSA) is 117 Å². The molecular formula is C29H33F3N2O6. The number of rotatable bonds is 6. The minimum atomic E-state index is -5.37. The average Bonchev–Trinajstić information content (AvgIpc) is 3.10. The van der Waals surface area contributed by atoms with Crippen LogP contribution < -0.4 is 4.74 Å². The molecule has 0 amide bonds. The highest BCUT2D eigenvalue weighted by Gasteiger charge is 2.43. The number of phenolic OH excluding ortho intramolecular Hbond substituents is 1. The number of hydrogen-bond donors (Lipinski definition) is 2. The molecule has 1 aliphatic heterocycles. The second-order valence-electron chi connectivity index (χ2n) is 11.7. The third-order valence-electron chi connectivity index (χ3n) is 6.46. The van der Waals surface area contributed by atoms with E-state index in [1.807, 2.05) is 41.5 Å². The lowest BCUT2D eigenvalue weighted by molar-refractivity contribution is -0.193. The number of ketones is 1. The van der Waals surface area contributed by atoms with Gasteiger partial charge in [-0.15, -0.1) is 0 Å². The van der Waals surface area contributed by atoms with Gasteiger partial charge in [-0.2, -0.15) is 13.2 Å². The number of fused-ring (bicyclic) bond motifs is 1. The summed E-state index contributed by atoms with van der Waals surface area (Å²) < 4.78 is 47.3. The first kappa shape index (κ1) is 30.6. The molecule has 2 aromatic carbocycles. The molecule has 0 aromatic heterocycles. The number of alkyl halides is 3. The number of esters is 2. The summed E-state index contributed by atoms with van der Waals surface area (Å²) in [6.07, 6.45) is -5.37. The Hall–Kier alpha value is -3.89. The minimum Gasteiger partial charge on any atom is -0.507 e. The summed E-state index contributed by atoms with van der Waals surface area (Å²) in [5.41, 5.74) is 0.939. The quantitative estimate of drug-likeness (QED) is 0.265. The van der Waals surface area contributed by atoms with E-state index in [0.29, 0.717) is 22.3 Å². The number of nitrogens with zero attached hydrogens (tertiary/aromatic N) is 1. The van der Waals surface area contributed by atoms with E-state index in [1.54, 1.807) is 19.1 Å². The van der Waals surface area contributed by atoms with Crippen molar-refractivity contribution in [2.45, 2.75) is 72.0 Å². The Kier molecular flexibility index (Phi) is 8.11. The fraction of sp³-hybridized carbons (Fsp3) is 0.448. The average molecular weight is 563 g/mol. The number of hydrogen-bond acceptors (Lipinski definition) is 7. The van der Waals surface area contributed by atoms with Gasteiger partial charge in [-0.1, -0.05) is 41.5 Å². The molecule has 0 aliphatic carbocycles. The molecule has 2 N–H and O–H groups in total. The molecule has 0 saturated heterocycles. The number of carbonyl (C=O) groups is 3. The van der Waals surface area contributed by atoms with Crippen molar-refractivity contribution in [3.05, 3.63) is 57.6 Å². The summed E-state index contributed by atoms with van der Waals surface area (Å²) >= 11 is 0. The molecule has 0 spiro atoms. The third kappa shape index (κ3) is 6.29. The molecule has 0 radical (unpaired) electrons. The maximum absolute atomic E-state index is 13.5. The van der Waals surface area contributed by atoms with Gasteiger partial charge in [-0.05, 0) is 47.6 Å². The molecule has 0 saturated carbocycles. The monoisotopic (exact) mass is 562 g/mol. The van der Waals surface area contributed by atoms with Gasteiger partial charge >= 0.3 is 18.1 Å². The summed E-state index contributed by atoms with van der Waals surface area (Å²) in [4.78, 5) is 38.5. The molecular weight excluding hydrogens is 529 g/mol. The van der Waals surface area contributed by atoms with Crippen LogP contribution in [0.15, 0.2) is 24.3 Å². The van der Waals surface area contributed by atoms with Crippen LogP contribution in [0.5, 0.6) is 11.5 Å². The van der Waals surface area contributed by atoms with E-state index < -0.39 is 34.5 Å². The molecule has 0 bridgehead atoms. The van der Waals surface area contributed by atoms with Gasteiger partial charge in [-0.25, -0.2) is 9.59 Å². The number of benzene rings is 2. The lowest BCUT2D eigenvalue weighted by atomic mass is 9.78. The molecule has 40 heavy (non-hydrogen) atoms. The molecule has 3 rings (SSSR count). The lowest BCUT2D eigenvalue weighted by Crippen LogP contribution is -2.31. The SMILES string of the molecule is CCOc1cc2c(cc1C(=O)OC(=O)C(F)(F)F)C(=N)N(CC(=O)c1cc(C(C)(C)C)c(O)c(C(C)(C)C)c1)C2. The first-order valence-corrected chi connectivity index (χ1v) is 12.6. The summed E-state index contributed by atoms with van der Waals surface area (Å²) in [6, 6.07) is 5.83.